The quantitative estimate of drug-likeness (QED) is 0.574. The Morgan fingerprint density at radius 2 is 1.84 bits per heavy atom. The fourth-order valence-electron chi connectivity index (χ4n) is 4.40. The van der Waals surface area contributed by atoms with Gasteiger partial charge in [-0.05, 0) is 75.0 Å². The lowest BCUT2D eigenvalue weighted by Gasteiger charge is -2.35. The molecule has 0 amide bonds. The number of aromatic nitrogens is 2. The van der Waals surface area contributed by atoms with Crippen molar-refractivity contribution in [1.82, 2.24) is 14.5 Å². The Morgan fingerprint density at radius 3 is 2.48 bits per heavy atom. The van der Waals surface area contributed by atoms with Crippen LogP contribution in [0.2, 0.25) is 0 Å². The van der Waals surface area contributed by atoms with Gasteiger partial charge in [-0.1, -0.05) is 24.6 Å². The third-order valence-electron chi connectivity index (χ3n) is 6.03. The van der Waals surface area contributed by atoms with Crippen molar-refractivity contribution in [2.45, 2.75) is 43.7 Å². The van der Waals surface area contributed by atoms with Crippen LogP contribution in [0, 0.1) is 6.92 Å². The molecule has 3 heterocycles. The number of benzene rings is 1. The highest BCUT2D eigenvalue weighted by atomic mass is 32.2. The van der Waals surface area contributed by atoms with Crippen LogP contribution in [0.3, 0.4) is 0 Å². The molecular formula is C25H29N3O2S. The second kappa shape index (κ2) is 9.71. The van der Waals surface area contributed by atoms with Crippen LogP contribution in [0.1, 0.15) is 47.8 Å². The zero-order chi connectivity index (χ0) is 21.8. The van der Waals surface area contributed by atoms with E-state index in [1.54, 1.807) is 28.6 Å². The summed E-state index contributed by atoms with van der Waals surface area (Å²) >= 11 is 1.70. The van der Waals surface area contributed by atoms with Crippen LogP contribution in [0.25, 0.3) is 0 Å². The molecule has 1 aliphatic rings. The molecule has 1 aliphatic heterocycles. The van der Waals surface area contributed by atoms with Crippen LogP contribution in [-0.4, -0.2) is 38.9 Å². The normalized spacial score (nSPS) is 15.7. The van der Waals surface area contributed by atoms with Gasteiger partial charge < -0.3 is 9.67 Å². The van der Waals surface area contributed by atoms with E-state index in [0.717, 1.165) is 42.9 Å². The minimum Gasteiger partial charge on any atom is -0.507 e. The zero-order valence-electron chi connectivity index (χ0n) is 18.1. The smallest absolute Gasteiger partial charge is 0.260 e. The van der Waals surface area contributed by atoms with Gasteiger partial charge in [-0.25, -0.2) is 0 Å². The predicted octanol–water partition coefficient (Wildman–Crippen LogP) is 4.60. The molecule has 0 spiro atoms. The number of thioether (sulfide) groups is 1. The molecule has 0 saturated carbocycles. The lowest BCUT2D eigenvalue weighted by atomic mass is 9.94. The van der Waals surface area contributed by atoms with Crippen molar-refractivity contribution < 1.29 is 5.11 Å². The van der Waals surface area contributed by atoms with E-state index in [1.807, 2.05) is 25.1 Å². The Bertz CT molecular complexity index is 1070. The lowest BCUT2D eigenvalue weighted by molar-refractivity contribution is 0.183. The minimum atomic E-state index is -0.265. The Hall–Kier alpha value is -2.57. The molecule has 1 atom stereocenters. The van der Waals surface area contributed by atoms with Gasteiger partial charge in [0.25, 0.3) is 5.56 Å². The zero-order valence-corrected chi connectivity index (χ0v) is 18.9. The van der Waals surface area contributed by atoms with E-state index in [4.69, 9.17) is 0 Å². The van der Waals surface area contributed by atoms with E-state index in [-0.39, 0.29) is 17.4 Å². The summed E-state index contributed by atoms with van der Waals surface area (Å²) < 4.78 is 1.73. The Labute approximate surface area is 187 Å². The predicted molar refractivity (Wildman–Crippen MR) is 126 cm³/mol. The van der Waals surface area contributed by atoms with Crippen LogP contribution >= 0.6 is 11.8 Å². The van der Waals surface area contributed by atoms with Gasteiger partial charge in [0.2, 0.25) is 0 Å². The Morgan fingerprint density at radius 1 is 1.10 bits per heavy atom. The van der Waals surface area contributed by atoms with Crippen LogP contribution in [0.4, 0.5) is 0 Å². The first-order valence-corrected chi connectivity index (χ1v) is 12.0. The summed E-state index contributed by atoms with van der Waals surface area (Å²) in [6.45, 7) is 4.08. The summed E-state index contributed by atoms with van der Waals surface area (Å²) in [5.41, 5.74) is 2.91. The number of rotatable bonds is 6. The van der Waals surface area contributed by atoms with Gasteiger partial charge in [0.15, 0.2) is 0 Å². The van der Waals surface area contributed by atoms with Crippen molar-refractivity contribution in [2.75, 3.05) is 19.3 Å². The molecule has 2 aromatic heterocycles. The molecule has 4 rings (SSSR count). The fourth-order valence-corrected chi connectivity index (χ4v) is 4.81. The number of hydrogen-bond donors (Lipinski definition) is 1. The Balaban J connectivity index is 1.83. The summed E-state index contributed by atoms with van der Waals surface area (Å²) in [5, 5.41) is 11.0. The molecule has 5 nitrogen and oxygen atoms in total. The molecule has 1 N–H and O–H groups in total. The molecule has 0 bridgehead atoms. The van der Waals surface area contributed by atoms with Crippen molar-refractivity contribution in [3.8, 4) is 5.75 Å². The maximum absolute atomic E-state index is 13.7. The highest BCUT2D eigenvalue weighted by Crippen LogP contribution is 2.35. The number of piperidine rings is 1. The van der Waals surface area contributed by atoms with Gasteiger partial charge in [0.05, 0.1) is 23.8 Å². The molecule has 1 aromatic carbocycles. The fraction of sp³-hybridized carbons (Fsp3) is 0.360. The van der Waals surface area contributed by atoms with Crippen LogP contribution < -0.4 is 5.56 Å². The molecule has 3 aromatic rings. The second-order valence-corrected chi connectivity index (χ2v) is 8.95. The lowest BCUT2D eigenvalue weighted by Crippen LogP contribution is -2.39. The van der Waals surface area contributed by atoms with E-state index in [2.05, 4.69) is 40.4 Å². The van der Waals surface area contributed by atoms with Gasteiger partial charge in [0.1, 0.15) is 5.75 Å². The van der Waals surface area contributed by atoms with Gasteiger partial charge in [-0.15, -0.1) is 11.8 Å². The number of nitrogens with zero attached hydrogens (tertiary/aromatic N) is 3. The van der Waals surface area contributed by atoms with E-state index in [0.29, 0.717) is 12.1 Å². The van der Waals surface area contributed by atoms with E-state index in [1.165, 1.54) is 11.3 Å². The molecule has 162 valence electrons. The third-order valence-corrected chi connectivity index (χ3v) is 6.77. The maximum atomic E-state index is 13.7. The van der Waals surface area contributed by atoms with Crippen LogP contribution in [-0.2, 0) is 6.54 Å². The number of hydrogen-bond acceptors (Lipinski definition) is 5. The first kappa shape index (κ1) is 21.7. The summed E-state index contributed by atoms with van der Waals surface area (Å²) in [6, 6.07) is 15.5. The standard InChI is InChI=1S/C25H29N3O2S/c1-18-16-22(29)23(25(30)28(18)17-20-8-4-5-13-26-20)24(27-14-6-3-7-15-27)19-9-11-21(31-2)12-10-19/h4-5,8-13,16,24,29H,3,6-7,14-15,17H2,1-2H3/t24-/m1/s1. The highest BCUT2D eigenvalue weighted by molar-refractivity contribution is 7.98. The first-order chi connectivity index (χ1) is 15.1. The maximum Gasteiger partial charge on any atom is 0.260 e. The topological polar surface area (TPSA) is 58.4 Å². The molecule has 0 unspecified atom stereocenters. The SMILES string of the molecule is CSc1ccc([C@H](c2c(O)cc(C)n(Cc3ccccn3)c2=O)N2CCCCC2)cc1. The highest BCUT2D eigenvalue weighted by Gasteiger charge is 2.30. The van der Waals surface area contributed by atoms with Gasteiger partial charge >= 0.3 is 0 Å². The van der Waals surface area contributed by atoms with Gasteiger partial charge in [-0.3, -0.25) is 14.7 Å². The molecular weight excluding hydrogens is 406 g/mol. The van der Waals surface area contributed by atoms with E-state index in [9.17, 15) is 9.90 Å². The summed E-state index contributed by atoms with van der Waals surface area (Å²) in [6.07, 6.45) is 7.21. The van der Waals surface area contributed by atoms with Crippen molar-refractivity contribution in [3.05, 3.63) is 87.6 Å². The van der Waals surface area contributed by atoms with Crippen molar-refractivity contribution in [1.29, 1.82) is 0 Å². The first-order valence-electron chi connectivity index (χ1n) is 10.8. The molecule has 0 radical (unpaired) electrons. The second-order valence-electron chi connectivity index (χ2n) is 8.07. The molecule has 1 fully saturated rings. The molecule has 6 heteroatoms. The summed E-state index contributed by atoms with van der Waals surface area (Å²) in [4.78, 5) is 21.6. The Kier molecular flexibility index (Phi) is 6.78. The average molecular weight is 436 g/mol. The number of aryl methyl sites for hydroxylation is 1. The van der Waals surface area contributed by atoms with Crippen molar-refractivity contribution in [2.24, 2.45) is 0 Å². The minimum absolute atomic E-state index is 0.0734. The monoisotopic (exact) mass is 435 g/mol. The average Bonchev–Trinajstić information content (AvgIpc) is 2.81. The van der Waals surface area contributed by atoms with Crippen molar-refractivity contribution >= 4 is 11.8 Å². The van der Waals surface area contributed by atoms with Crippen molar-refractivity contribution in [3.63, 3.8) is 0 Å². The summed E-state index contributed by atoms with van der Waals surface area (Å²) in [7, 11) is 0. The summed E-state index contributed by atoms with van der Waals surface area (Å²) in [5.74, 6) is 0.0734. The van der Waals surface area contributed by atoms with Crippen LogP contribution in [0.15, 0.2) is 64.4 Å². The molecule has 1 saturated heterocycles. The van der Waals surface area contributed by atoms with Gasteiger partial charge in [0, 0.05) is 16.8 Å². The number of aromatic hydroxyl groups is 1. The third kappa shape index (κ3) is 4.70. The van der Waals surface area contributed by atoms with Gasteiger partial charge in [-0.2, -0.15) is 0 Å². The van der Waals surface area contributed by atoms with E-state index < -0.39 is 0 Å². The molecule has 31 heavy (non-hydrogen) atoms. The largest absolute Gasteiger partial charge is 0.507 e. The number of pyridine rings is 2. The molecule has 0 aliphatic carbocycles. The van der Waals surface area contributed by atoms with Crippen LogP contribution in [0.5, 0.6) is 5.75 Å². The number of likely N-dealkylation sites (tertiary alicyclic amines) is 1. The van der Waals surface area contributed by atoms with E-state index >= 15 is 0 Å².